The van der Waals surface area contributed by atoms with Crippen molar-refractivity contribution in [1.29, 1.82) is 0 Å². The molecule has 0 N–H and O–H groups in total. The minimum absolute atomic E-state index is 0.115. The van der Waals surface area contributed by atoms with Crippen LogP contribution in [-0.2, 0) is 17.6 Å². The molecular formula is C20H23NO3. The highest BCUT2D eigenvalue weighted by atomic mass is 16.5. The van der Waals surface area contributed by atoms with Crippen LogP contribution in [0.1, 0.15) is 29.2 Å². The third kappa shape index (κ3) is 3.09. The summed E-state index contributed by atoms with van der Waals surface area (Å²) in [6.07, 6.45) is 2.39. The summed E-state index contributed by atoms with van der Waals surface area (Å²) >= 11 is 0. The fourth-order valence-corrected chi connectivity index (χ4v) is 3.40. The number of nitrogens with zero attached hydrogens (tertiary/aromatic N) is 1. The lowest BCUT2D eigenvalue weighted by molar-refractivity contribution is -0.131. The summed E-state index contributed by atoms with van der Waals surface area (Å²) in [5, 5.41) is 0. The van der Waals surface area contributed by atoms with Crippen molar-refractivity contribution in [3.05, 3.63) is 59.2 Å². The van der Waals surface area contributed by atoms with Crippen LogP contribution in [0.15, 0.2) is 42.5 Å². The third-order valence-electron chi connectivity index (χ3n) is 4.77. The molecule has 126 valence electrons. The van der Waals surface area contributed by atoms with Gasteiger partial charge >= 0.3 is 0 Å². The van der Waals surface area contributed by atoms with E-state index in [1.807, 2.05) is 36.2 Å². The normalized spacial score (nSPS) is 15.7. The van der Waals surface area contributed by atoms with E-state index in [1.54, 1.807) is 14.2 Å². The Morgan fingerprint density at radius 2 is 1.88 bits per heavy atom. The summed E-state index contributed by atoms with van der Waals surface area (Å²) in [6.45, 7) is 0. The maximum absolute atomic E-state index is 12.7. The highest BCUT2D eigenvalue weighted by molar-refractivity contribution is 5.79. The number of carbonyl (C=O) groups is 1. The van der Waals surface area contributed by atoms with Crippen LogP contribution in [-0.4, -0.2) is 32.1 Å². The maximum Gasteiger partial charge on any atom is 0.227 e. The van der Waals surface area contributed by atoms with E-state index in [0.717, 1.165) is 18.4 Å². The standard InChI is InChI=1S/C20H23NO3/c1-21(17-10-9-15-6-4-5-7-16(15)17)20(22)13-14-8-11-18(23-2)19(12-14)24-3/h4-8,11-12,17H,9-10,13H2,1-3H3. The van der Waals surface area contributed by atoms with Crippen LogP contribution in [0.4, 0.5) is 0 Å². The maximum atomic E-state index is 12.7. The lowest BCUT2D eigenvalue weighted by Gasteiger charge is -2.25. The minimum atomic E-state index is 0.115. The average molecular weight is 325 g/mol. The number of methoxy groups -OCH3 is 2. The Kier molecular flexibility index (Phi) is 4.74. The predicted octanol–water partition coefficient (Wildman–Crippen LogP) is 3.39. The van der Waals surface area contributed by atoms with Gasteiger partial charge in [0.1, 0.15) is 0 Å². The Balaban J connectivity index is 1.73. The molecule has 1 aliphatic carbocycles. The van der Waals surface area contributed by atoms with Gasteiger partial charge in [0, 0.05) is 7.05 Å². The zero-order chi connectivity index (χ0) is 17.1. The third-order valence-corrected chi connectivity index (χ3v) is 4.77. The molecule has 1 atom stereocenters. The fourth-order valence-electron chi connectivity index (χ4n) is 3.40. The molecule has 3 rings (SSSR count). The molecular weight excluding hydrogens is 302 g/mol. The molecule has 0 fully saturated rings. The number of fused-ring (bicyclic) bond motifs is 1. The molecule has 0 aliphatic heterocycles. The summed E-state index contributed by atoms with van der Waals surface area (Å²) < 4.78 is 10.6. The molecule has 2 aromatic rings. The molecule has 0 radical (unpaired) electrons. The van der Waals surface area contributed by atoms with Crippen molar-refractivity contribution >= 4 is 5.91 Å². The number of benzene rings is 2. The molecule has 0 heterocycles. The second-order valence-electron chi connectivity index (χ2n) is 6.12. The molecule has 1 aliphatic rings. The second kappa shape index (κ2) is 6.95. The van der Waals surface area contributed by atoms with E-state index in [9.17, 15) is 4.79 Å². The van der Waals surface area contributed by atoms with E-state index in [1.165, 1.54) is 11.1 Å². The van der Waals surface area contributed by atoms with Crippen LogP contribution in [0.2, 0.25) is 0 Å². The summed E-state index contributed by atoms with van der Waals surface area (Å²) in [6, 6.07) is 14.2. The van der Waals surface area contributed by atoms with Gasteiger partial charge in [-0.2, -0.15) is 0 Å². The summed E-state index contributed by atoms with van der Waals surface area (Å²) in [5.41, 5.74) is 3.56. The lowest BCUT2D eigenvalue weighted by atomic mass is 10.1. The minimum Gasteiger partial charge on any atom is -0.493 e. The molecule has 0 saturated heterocycles. The van der Waals surface area contributed by atoms with Gasteiger partial charge in [-0.1, -0.05) is 30.3 Å². The van der Waals surface area contributed by atoms with Crippen molar-refractivity contribution in [2.75, 3.05) is 21.3 Å². The number of hydrogen-bond donors (Lipinski definition) is 0. The number of aryl methyl sites for hydroxylation is 1. The highest BCUT2D eigenvalue weighted by Crippen LogP contribution is 2.35. The first-order chi connectivity index (χ1) is 11.6. The van der Waals surface area contributed by atoms with Gasteiger partial charge in [0.2, 0.25) is 5.91 Å². The number of hydrogen-bond acceptors (Lipinski definition) is 3. The first-order valence-corrected chi connectivity index (χ1v) is 8.18. The topological polar surface area (TPSA) is 38.8 Å². The van der Waals surface area contributed by atoms with E-state index in [-0.39, 0.29) is 11.9 Å². The fraction of sp³-hybridized carbons (Fsp3) is 0.350. The van der Waals surface area contributed by atoms with Gasteiger partial charge < -0.3 is 14.4 Å². The van der Waals surface area contributed by atoms with Crippen LogP contribution in [0.3, 0.4) is 0 Å². The highest BCUT2D eigenvalue weighted by Gasteiger charge is 2.28. The summed E-state index contributed by atoms with van der Waals surface area (Å²) in [7, 11) is 5.11. The molecule has 0 bridgehead atoms. The molecule has 1 amide bonds. The Bertz CT molecular complexity index is 741. The molecule has 4 heteroatoms. The molecule has 2 aromatic carbocycles. The Morgan fingerprint density at radius 1 is 1.12 bits per heavy atom. The first-order valence-electron chi connectivity index (χ1n) is 8.18. The molecule has 0 spiro atoms. The van der Waals surface area contributed by atoms with Crippen LogP contribution in [0, 0.1) is 0 Å². The van der Waals surface area contributed by atoms with Crippen LogP contribution < -0.4 is 9.47 Å². The molecule has 0 saturated carbocycles. The zero-order valence-electron chi connectivity index (χ0n) is 14.4. The molecule has 0 aromatic heterocycles. The Labute approximate surface area is 143 Å². The number of rotatable bonds is 5. The van der Waals surface area contributed by atoms with Crippen molar-refractivity contribution < 1.29 is 14.3 Å². The van der Waals surface area contributed by atoms with E-state index in [0.29, 0.717) is 17.9 Å². The van der Waals surface area contributed by atoms with Crippen LogP contribution >= 0.6 is 0 Å². The van der Waals surface area contributed by atoms with E-state index >= 15 is 0 Å². The van der Waals surface area contributed by atoms with E-state index < -0.39 is 0 Å². The number of amides is 1. The van der Waals surface area contributed by atoms with Gasteiger partial charge in [-0.25, -0.2) is 0 Å². The van der Waals surface area contributed by atoms with Crippen molar-refractivity contribution in [2.45, 2.75) is 25.3 Å². The number of carbonyl (C=O) groups excluding carboxylic acids is 1. The molecule has 4 nitrogen and oxygen atoms in total. The first kappa shape index (κ1) is 16.4. The van der Waals surface area contributed by atoms with E-state index in [2.05, 4.69) is 18.2 Å². The van der Waals surface area contributed by atoms with Crippen molar-refractivity contribution in [3.63, 3.8) is 0 Å². The van der Waals surface area contributed by atoms with Gasteiger partial charge in [-0.3, -0.25) is 4.79 Å². The quantitative estimate of drug-likeness (QED) is 0.846. The SMILES string of the molecule is COc1ccc(CC(=O)N(C)C2CCc3ccccc32)cc1OC. The number of ether oxygens (including phenoxy) is 2. The van der Waals surface area contributed by atoms with E-state index in [4.69, 9.17) is 9.47 Å². The van der Waals surface area contributed by atoms with Gasteiger partial charge in [0.05, 0.1) is 26.7 Å². The zero-order valence-corrected chi connectivity index (χ0v) is 14.4. The average Bonchev–Trinajstić information content (AvgIpc) is 3.04. The van der Waals surface area contributed by atoms with Crippen molar-refractivity contribution in [3.8, 4) is 11.5 Å². The molecule has 24 heavy (non-hydrogen) atoms. The Morgan fingerprint density at radius 3 is 2.62 bits per heavy atom. The van der Waals surface area contributed by atoms with Gasteiger partial charge in [0.25, 0.3) is 0 Å². The molecule has 1 unspecified atom stereocenters. The van der Waals surface area contributed by atoms with Gasteiger partial charge in [-0.05, 0) is 41.7 Å². The second-order valence-corrected chi connectivity index (χ2v) is 6.12. The largest absolute Gasteiger partial charge is 0.493 e. The predicted molar refractivity (Wildman–Crippen MR) is 93.5 cm³/mol. The summed E-state index contributed by atoms with van der Waals surface area (Å²) in [4.78, 5) is 14.6. The van der Waals surface area contributed by atoms with Crippen LogP contribution in [0.25, 0.3) is 0 Å². The summed E-state index contributed by atoms with van der Waals surface area (Å²) in [5.74, 6) is 1.44. The number of likely N-dealkylation sites (N-methyl/N-ethyl adjacent to an activating group) is 1. The smallest absolute Gasteiger partial charge is 0.227 e. The van der Waals surface area contributed by atoms with Crippen molar-refractivity contribution in [2.24, 2.45) is 0 Å². The lowest BCUT2D eigenvalue weighted by Crippen LogP contribution is -2.31. The van der Waals surface area contributed by atoms with Gasteiger partial charge in [0.15, 0.2) is 11.5 Å². The van der Waals surface area contributed by atoms with Crippen molar-refractivity contribution in [1.82, 2.24) is 4.90 Å². The Hall–Kier alpha value is -2.49. The van der Waals surface area contributed by atoms with Crippen LogP contribution in [0.5, 0.6) is 11.5 Å². The van der Waals surface area contributed by atoms with Gasteiger partial charge in [-0.15, -0.1) is 0 Å². The monoisotopic (exact) mass is 325 g/mol.